The molecule has 30 heavy (non-hydrogen) atoms. The van der Waals surface area contributed by atoms with E-state index in [-0.39, 0.29) is 30.6 Å². The molecule has 0 bridgehead atoms. The highest BCUT2D eigenvalue weighted by atomic mass is 35.5. The number of piperazine rings is 1. The van der Waals surface area contributed by atoms with Crippen molar-refractivity contribution in [1.29, 1.82) is 0 Å². The number of carbonyl (C=O) groups excluding carboxylic acids is 1. The van der Waals surface area contributed by atoms with Gasteiger partial charge >= 0.3 is 5.97 Å². The van der Waals surface area contributed by atoms with Crippen LogP contribution < -0.4 is 4.90 Å². The van der Waals surface area contributed by atoms with Gasteiger partial charge in [-0.1, -0.05) is 6.07 Å². The van der Waals surface area contributed by atoms with E-state index >= 15 is 0 Å². The average Bonchev–Trinajstić information content (AvgIpc) is 2.71. The summed E-state index contributed by atoms with van der Waals surface area (Å²) in [4.78, 5) is 31.9. The van der Waals surface area contributed by atoms with Crippen molar-refractivity contribution in [1.82, 2.24) is 9.88 Å². The van der Waals surface area contributed by atoms with E-state index in [1.165, 1.54) is 12.2 Å². The third-order valence-corrected chi connectivity index (χ3v) is 4.61. The topological polar surface area (TPSA) is 73.7 Å². The molecule has 3 rings (SSSR count). The van der Waals surface area contributed by atoms with E-state index in [9.17, 15) is 9.59 Å². The first-order valence-electron chi connectivity index (χ1n) is 9.15. The van der Waals surface area contributed by atoms with Gasteiger partial charge in [-0.15, -0.1) is 24.8 Å². The largest absolute Gasteiger partial charge is 0.478 e. The molecule has 1 aliphatic heterocycles. The highest BCUT2D eigenvalue weighted by Crippen LogP contribution is 2.17. The molecule has 0 amide bonds. The van der Waals surface area contributed by atoms with Crippen LogP contribution in [-0.2, 0) is 4.79 Å². The number of hydrogen-bond acceptors (Lipinski definition) is 5. The molecular weight excluding hydrogens is 425 g/mol. The van der Waals surface area contributed by atoms with Crippen LogP contribution in [0.25, 0.3) is 12.2 Å². The number of pyridine rings is 1. The van der Waals surface area contributed by atoms with Gasteiger partial charge < -0.3 is 14.9 Å². The Bertz CT molecular complexity index is 906. The zero-order valence-electron chi connectivity index (χ0n) is 16.6. The van der Waals surface area contributed by atoms with Gasteiger partial charge in [-0.2, -0.15) is 0 Å². The summed E-state index contributed by atoms with van der Waals surface area (Å²) in [7, 11) is 2.12. The van der Waals surface area contributed by atoms with Gasteiger partial charge in [0.15, 0.2) is 5.78 Å². The second-order valence-corrected chi connectivity index (χ2v) is 6.69. The number of aromatic nitrogens is 1. The zero-order chi connectivity index (χ0) is 19.9. The maximum absolute atomic E-state index is 12.4. The molecule has 1 aromatic carbocycles. The molecule has 1 aliphatic rings. The molecule has 1 saturated heterocycles. The van der Waals surface area contributed by atoms with E-state index in [1.807, 2.05) is 24.3 Å². The van der Waals surface area contributed by atoms with Crippen molar-refractivity contribution in [3.63, 3.8) is 0 Å². The maximum Gasteiger partial charge on any atom is 0.328 e. The summed E-state index contributed by atoms with van der Waals surface area (Å²) in [6.07, 6.45) is 5.56. The number of carbonyl (C=O) groups is 2. The number of ketones is 1. The van der Waals surface area contributed by atoms with Crippen LogP contribution in [0.2, 0.25) is 0 Å². The Hall–Kier alpha value is -2.67. The van der Waals surface area contributed by atoms with E-state index in [2.05, 4.69) is 21.8 Å². The Morgan fingerprint density at radius 3 is 2.03 bits per heavy atom. The van der Waals surface area contributed by atoms with E-state index in [4.69, 9.17) is 5.11 Å². The van der Waals surface area contributed by atoms with Crippen molar-refractivity contribution >= 4 is 54.4 Å². The molecule has 160 valence electrons. The van der Waals surface area contributed by atoms with Crippen LogP contribution in [0.1, 0.15) is 21.7 Å². The van der Waals surface area contributed by atoms with Gasteiger partial charge in [-0.25, -0.2) is 9.78 Å². The van der Waals surface area contributed by atoms with Gasteiger partial charge in [-0.05, 0) is 61.7 Å². The summed E-state index contributed by atoms with van der Waals surface area (Å²) in [6, 6.07) is 12.9. The Morgan fingerprint density at radius 1 is 0.900 bits per heavy atom. The number of anilines is 1. The summed E-state index contributed by atoms with van der Waals surface area (Å²) >= 11 is 0. The van der Waals surface area contributed by atoms with Crippen LogP contribution >= 0.6 is 24.8 Å². The van der Waals surface area contributed by atoms with Crippen LogP contribution in [0.15, 0.2) is 54.6 Å². The first-order chi connectivity index (χ1) is 13.5. The Balaban J connectivity index is 0.00000225. The molecule has 0 atom stereocenters. The maximum atomic E-state index is 12.4. The summed E-state index contributed by atoms with van der Waals surface area (Å²) in [5, 5.41) is 8.68. The zero-order valence-corrected chi connectivity index (χ0v) is 18.2. The number of rotatable bonds is 6. The molecule has 2 aromatic rings. The van der Waals surface area contributed by atoms with E-state index in [0.717, 1.165) is 37.9 Å². The fourth-order valence-electron chi connectivity index (χ4n) is 2.97. The molecule has 0 aliphatic carbocycles. The molecule has 1 N–H and O–H groups in total. The third kappa shape index (κ3) is 7.30. The van der Waals surface area contributed by atoms with Gasteiger partial charge in [0.25, 0.3) is 0 Å². The molecule has 0 unspecified atom stereocenters. The lowest BCUT2D eigenvalue weighted by molar-refractivity contribution is -0.131. The van der Waals surface area contributed by atoms with Crippen LogP contribution in [0.3, 0.4) is 0 Å². The Kier molecular flexibility index (Phi) is 10.3. The first-order valence-corrected chi connectivity index (χ1v) is 9.15. The third-order valence-electron chi connectivity index (χ3n) is 4.61. The fraction of sp³-hybridized carbons (Fsp3) is 0.227. The summed E-state index contributed by atoms with van der Waals surface area (Å²) < 4.78 is 0. The minimum absolute atomic E-state index is 0. The minimum atomic E-state index is -1.03. The predicted octanol–water partition coefficient (Wildman–Crippen LogP) is 3.67. The van der Waals surface area contributed by atoms with Crippen molar-refractivity contribution in [2.45, 2.75) is 0 Å². The molecule has 0 saturated carbocycles. The van der Waals surface area contributed by atoms with Gasteiger partial charge in [0, 0.05) is 43.5 Å². The second-order valence-electron chi connectivity index (χ2n) is 6.69. The first kappa shape index (κ1) is 25.4. The van der Waals surface area contributed by atoms with Crippen molar-refractivity contribution in [2.75, 3.05) is 38.1 Å². The van der Waals surface area contributed by atoms with Crippen molar-refractivity contribution in [3.8, 4) is 0 Å². The van der Waals surface area contributed by atoms with Crippen molar-refractivity contribution < 1.29 is 14.7 Å². The molecule has 1 aromatic heterocycles. The van der Waals surface area contributed by atoms with Gasteiger partial charge in [0.05, 0.1) is 11.4 Å². The number of likely N-dealkylation sites (N-methyl/N-ethyl adjacent to an activating group) is 1. The van der Waals surface area contributed by atoms with Gasteiger partial charge in [0.2, 0.25) is 0 Å². The average molecular weight is 450 g/mol. The number of allylic oxidation sites excluding steroid dienone is 1. The van der Waals surface area contributed by atoms with Crippen LogP contribution in [-0.4, -0.2) is 60.0 Å². The summed E-state index contributed by atoms with van der Waals surface area (Å²) in [6.45, 7) is 4.05. The fourth-order valence-corrected chi connectivity index (χ4v) is 2.97. The number of hydrogen-bond donors (Lipinski definition) is 1. The van der Waals surface area contributed by atoms with Gasteiger partial charge in [0.1, 0.15) is 0 Å². The predicted molar refractivity (Wildman–Crippen MR) is 125 cm³/mol. The molecule has 8 heteroatoms. The quantitative estimate of drug-likeness (QED) is 0.535. The summed E-state index contributed by atoms with van der Waals surface area (Å²) in [5.41, 5.74) is 2.87. The lowest BCUT2D eigenvalue weighted by Crippen LogP contribution is -2.44. The van der Waals surface area contributed by atoms with Crippen molar-refractivity contribution in [3.05, 3.63) is 71.6 Å². The lowest BCUT2D eigenvalue weighted by atomic mass is 10.1. The molecule has 2 heterocycles. The van der Waals surface area contributed by atoms with Crippen molar-refractivity contribution in [2.24, 2.45) is 0 Å². The molecule has 1 fully saturated rings. The monoisotopic (exact) mass is 449 g/mol. The summed E-state index contributed by atoms with van der Waals surface area (Å²) in [5.74, 6) is -1.13. The molecule has 0 spiro atoms. The molecule has 6 nitrogen and oxygen atoms in total. The lowest BCUT2D eigenvalue weighted by Gasteiger charge is -2.34. The minimum Gasteiger partial charge on any atom is -0.478 e. The molecular formula is C22H25Cl2N3O3. The smallest absolute Gasteiger partial charge is 0.328 e. The standard InChI is InChI=1S/C22H23N3O3.2ClH/c1-24-13-15-25(16-14-24)20-9-5-17(6-10-20)21(26)11-7-18-3-2-4-19(23-18)8-12-22(27)28;;/h2-12H,13-16H2,1H3,(H,27,28);2*1H/b11-7+,12-8+;;. The normalized spacial score (nSPS) is 14.4. The number of benzene rings is 1. The number of aliphatic carboxylic acids is 1. The molecule has 0 radical (unpaired) electrons. The van der Waals surface area contributed by atoms with Crippen LogP contribution in [0, 0.1) is 0 Å². The number of carboxylic acids is 1. The van der Waals surface area contributed by atoms with Gasteiger partial charge in [-0.3, -0.25) is 4.79 Å². The van der Waals surface area contributed by atoms with Crippen LogP contribution in [0.4, 0.5) is 5.69 Å². The van der Waals surface area contributed by atoms with E-state index < -0.39 is 5.97 Å². The number of nitrogens with zero attached hydrogens (tertiary/aromatic N) is 3. The number of carboxylic acid groups (broad SMARTS) is 1. The van der Waals surface area contributed by atoms with E-state index in [0.29, 0.717) is 17.0 Å². The number of halogens is 2. The Labute approximate surface area is 188 Å². The Morgan fingerprint density at radius 2 is 1.47 bits per heavy atom. The van der Waals surface area contributed by atoms with E-state index in [1.54, 1.807) is 24.3 Å². The SMILES string of the molecule is CN1CCN(c2ccc(C(=O)/C=C/c3cccc(/C=C/C(=O)O)n3)cc2)CC1.Cl.Cl. The highest BCUT2D eigenvalue weighted by Gasteiger charge is 2.14. The van der Waals surface area contributed by atoms with Crippen LogP contribution in [0.5, 0.6) is 0 Å². The second kappa shape index (κ2) is 12.1. The highest BCUT2D eigenvalue weighted by molar-refractivity contribution is 6.06.